The van der Waals surface area contributed by atoms with Crippen molar-refractivity contribution in [2.24, 2.45) is 0 Å². The number of halogens is 1. The molecule has 0 saturated heterocycles. The summed E-state index contributed by atoms with van der Waals surface area (Å²) in [6, 6.07) is 7.28. The quantitative estimate of drug-likeness (QED) is 0.654. The van der Waals surface area contributed by atoms with Gasteiger partial charge in [0, 0.05) is 17.1 Å². The molecule has 1 aromatic heterocycles. The van der Waals surface area contributed by atoms with Crippen molar-refractivity contribution < 1.29 is 4.39 Å². The Hall–Kier alpha value is -1.22. The normalized spacial score (nSPS) is 10.1. The van der Waals surface area contributed by atoms with Gasteiger partial charge in [0.25, 0.3) is 0 Å². The number of aromatic nitrogens is 1. The van der Waals surface area contributed by atoms with Crippen molar-refractivity contribution in [2.75, 3.05) is 0 Å². The molecule has 59 valence electrons. The predicted molar refractivity (Wildman–Crippen MR) is 46.3 cm³/mol. The van der Waals surface area contributed by atoms with Crippen molar-refractivity contribution in [3.8, 4) is 10.6 Å². The zero-order chi connectivity index (χ0) is 8.39. The molecule has 0 bridgehead atoms. The molecule has 0 aliphatic heterocycles. The second-order valence-electron chi connectivity index (χ2n) is 2.26. The summed E-state index contributed by atoms with van der Waals surface area (Å²) in [5.74, 6) is -0.251. The lowest BCUT2D eigenvalue weighted by Crippen LogP contribution is -1.77. The lowest BCUT2D eigenvalue weighted by Gasteiger charge is -1.93. The van der Waals surface area contributed by atoms with E-state index in [1.165, 1.54) is 23.5 Å². The molecule has 1 heterocycles. The SMILES string of the molecule is Fc1cc[c]c(-c2nccs2)c1. The van der Waals surface area contributed by atoms with Crippen LogP contribution in [0.25, 0.3) is 10.6 Å². The lowest BCUT2D eigenvalue weighted by molar-refractivity contribution is 0.628. The highest BCUT2D eigenvalue weighted by atomic mass is 32.1. The van der Waals surface area contributed by atoms with Crippen molar-refractivity contribution in [2.45, 2.75) is 0 Å². The van der Waals surface area contributed by atoms with Crippen LogP contribution in [-0.2, 0) is 0 Å². The summed E-state index contributed by atoms with van der Waals surface area (Å²) in [7, 11) is 0. The molecule has 2 rings (SSSR count). The van der Waals surface area contributed by atoms with Gasteiger partial charge in [-0.2, -0.15) is 0 Å². The maximum atomic E-state index is 12.7. The molecular formula is C9H5FNS. The van der Waals surface area contributed by atoms with Crippen LogP contribution in [-0.4, -0.2) is 4.98 Å². The zero-order valence-corrected chi connectivity index (χ0v) is 6.94. The average molecular weight is 178 g/mol. The molecule has 0 aliphatic carbocycles. The van der Waals surface area contributed by atoms with Gasteiger partial charge in [0.1, 0.15) is 10.8 Å². The van der Waals surface area contributed by atoms with Gasteiger partial charge in [-0.1, -0.05) is 6.07 Å². The second kappa shape index (κ2) is 3.03. The van der Waals surface area contributed by atoms with Gasteiger partial charge in [0.2, 0.25) is 0 Å². The first kappa shape index (κ1) is 7.43. The van der Waals surface area contributed by atoms with E-state index in [9.17, 15) is 4.39 Å². The molecule has 0 spiro atoms. The molecule has 12 heavy (non-hydrogen) atoms. The van der Waals surface area contributed by atoms with Crippen molar-refractivity contribution in [1.82, 2.24) is 4.98 Å². The topological polar surface area (TPSA) is 12.9 Å². The molecule has 0 unspecified atom stereocenters. The van der Waals surface area contributed by atoms with Gasteiger partial charge < -0.3 is 0 Å². The largest absolute Gasteiger partial charge is 0.245 e. The van der Waals surface area contributed by atoms with E-state index in [1.54, 1.807) is 12.3 Å². The summed E-state index contributed by atoms with van der Waals surface area (Å²) in [5, 5.41) is 2.66. The van der Waals surface area contributed by atoms with Gasteiger partial charge in [-0.25, -0.2) is 9.37 Å². The van der Waals surface area contributed by atoms with Crippen LogP contribution in [0.4, 0.5) is 4.39 Å². The van der Waals surface area contributed by atoms with E-state index in [1.807, 2.05) is 5.38 Å². The van der Waals surface area contributed by atoms with Crippen LogP contribution in [0.15, 0.2) is 29.8 Å². The average Bonchev–Trinajstić information content (AvgIpc) is 2.56. The summed E-state index contributed by atoms with van der Waals surface area (Å²) < 4.78 is 12.7. The molecule has 3 heteroatoms. The molecule has 0 fully saturated rings. The van der Waals surface area contributed by atoms with Crippen molar-refractivity contribution in [1.29, 1.82) is 0 Å². The van der Waals surface area contributed by atoms with Crippen molar-refractivity contribution in [3.05, 3.63) is 41.7 Å². The van der Waals surface area contributed by atoms with Gasteiger partial charge in [0.05, 0.1) is 0 Å². The fraction of sp³-hybridized carbons (Fsp3) is 0. The van der Waals surface area contributed by atoms with Crippen LogP contribution < -0.4 is 0 Å². The van der Waals surface area contributed by atoms with E-state index >= 15 is 0 Å². The minimum Gasteiger partial charge on any atom is -0.245 e. The molecule has 1 aromatic carbocycles. The summed E-state index contributed by atoms with van der Waals surface area (Å²) >= 11 is 1.48. The van der Waals surface area contributed by atoms with E-state index in [0.29, 0.717) is 5.56 Å². The number of benzene rings is 1. The smallest absolute Gasteiger partial charge is 0.123 e. The minimum absolute atomic E-state index is 0.251. The van der Waals surface area contributed by atoms with Gasteiger partial charge >= 0.3 is 0 Å². The van der Waals surface area contributed by atoms with E-state index in [2.05, 4.69) is 11.1 Å². The number of hydrogen-bond acceptors (Lipinski definition) is 2. The minimum atomic E-state index is -0.251. The summed E-state index contributed by atoms with van der Waals surface area (Å²) in [5.41, 5.74) is 0.713. The molecule has 1 nitrogen and oxygen atoms in total. The highest BCUT2D eigenvalue weighted by Gasteiger charge is 2.00. The summed E-state index contributed by atoms with van der Waals surface area (Å²) in [4.78, 5) is 4.05. The highest BCUT2D eigenvalue weighted by Crippen LogP contribution is 2.21. The maximum absolute atomic E-state index is 12.7. The molecule has 0 N–H and O–H groups in total. The standard InChI is InChI=1S/C9H5FNS/c10-8-3-1-2-7(6-8)9-11-4-5-12-9/h1,3-6H. The monoisotopic (exact) mass is 178 g/mol. The van der Waals surface area contributed by atoms with Crippen molar-refractivity contribution >= 4 is 11.3 Å². The fourth-order valence-corrected chi connectivity index (χ4v) is 1.54. The van der Waals surface area contributed by atoms with E-state index in [0.717, 1.165) is 5.01 Å². The molecule has 1 radical (unpaired) electrons. The third-order valence-electron chi connectivity index (χ3n) is 1.43. The van der Waals surface area contributed by atoms with E-state index in [4.69, 9.17) is 0 Å². The Labute approximate surface area is 73.5 Å². The van der Waals surface area contributed by atoms with Crippen LogP contribution in [0.5, 0.6) is 0 Å². The highest BCUT2D eigenvalue weighted by molar-refractivity contribution is 7.13. The van der Waals surface area contributed by atoms with Crippen LogP contribution in [0, 0.1) is 11.9 Å². The third kappa shape index (κ3) is 1.36. The molecular weight excluding hydrogens is 173 g/mol. The van der Waals surface area contributed by atoms with Gasteiger partial charge in [0.15, 0.2) is 0 Å². The molecule has 0 atom stereocenters. The summed E-state index contributed by atoms with van der Waals surface area (Å²) in [6.07, 6.45) is 1.69. The first-order valence-corrected chi connectivity index (χ1v) is 4.31. The Kier molecular flexibility index (Phi) is 1.87. The predicted octanol–water partition coefficient (Wildman–Crippen LogP) is 2.75. The number of thiazole rings is 1. The molecule has 0 aliphatic rings. The number of nitrogens with zero attached hydrogens (tertiary/aromatic N) is 1. The molecule has 2 aromatic rings. The van der Waals surface area contributed by atoms with Gasteiger partial charge in [-0.3, -0.25) is 0 Å². The van der Waals surface area contributed by atoms with Crippen LogP contribution in [0.2, 0.25) is 0 Å². The summed E-state index contributed by atoms with van der Waals surface area (Å²) in [6.45, 7) is 0. The van der Waals surface area contributed by atoms with Crippen LogP contribution >= 0.6 is 11.3 Å². The van der Waals surface area contributed by atoms with E-state index < -0.39 is 0 Å². The van der Waals surface area contributed by atoms with Crippen LogP contribution in [0.1, 0.15) is 0 Å². The fourth-order valence-electron chi connectivity index (χ4n) is 0.919. The maximum Gasteiger partial charge on any atom is 0.123 e. The Morgan fingerprint density at radius 1 is 1.50 bits per heavy atom. The molecule has 0 saturated carbocycles. The Balaban J connectivity index is 2.48. The van der Waals surface area contributed by atoms with Crippen LogP contribution in [0.3, 0.4) is 0 Å². The first-order valence-electron chi connectivity index (χ1n) is 3.43. The second-order valence-corrected chi connectivity index (χ2v) is 3.15. The third-order valence-corrected chi connectivity index (χ3v) is 2.23. The Morgan fingerprint density at radius 2 is 2.42 bits per heavy atom. The zero-order valence-electron chi connectivity index (χ0n) is 6.12. The lowest BCUT2D eigenvalue weighted by atomic mass is 10.2. The van der Waals surface area contributed by atoms with E-state index in [-0.39, 0.29) is 5.82 Å². The Morgan fingerprint density at radius 3 is 3.08 bits per heavy atom. The molecule has 0 amide bonds. The van der Waals surface area contributed by atoms with Gasteiger partial charge in [-0.15, -0.1) is 11.3 Å². The van der Waals surface area contributed by atoms with Gasteiger partial charge in [-0.05, 0) is 18.2 Å². The number of hydrogen-bond donors (Lipinski definition) is 0. The number of rotatable bonds is 1. The van der Waals surface area contributed by atoms with Crippen molar-refractivity contribution in [3.63, 3.8) is 0 Å². The first-order chi connectivity index (χ1) is 5.86. The Bertz CT molecular complexity index is 370.